The van der Waals surface area contributed by atoms with Gasteiger partial charge in [0.2, 0.25) is 0 Å². The molecule has 68 valence electrons. The largest absolute Gasteiger partial charge is 0.331 e. The molecule has 2 N–H and O–H groups in total. The standard InChI is InChI=1S/C9H10BrN3/c1-13-7(5-11)4-6-2-3-8(10)12-9(6)13/h2-4H,5,11H2,1H3. The first kappa shape index (κ1) is 8.72. The normalized spacial score (nSPS) is 11.0. The summed E-state index contributed by atoms with van der Waals surface area (Å²) >= 11 is 3.34. The van der Waals surface area contributed by atoms with Crippen LogP contribution < -0.4 is 5.73 Å². The zero-order chi connectivity index (χ0) is 9.42. The van der Waals surface area contributed by atoms with Crippen LogP contribution in [0, 0.1) is 0 Å². The lowest BCUT2D eigenvalue weighted by Crippen LogP contribution is -2.03. The highest BCUT2D eigenvalue weighted by Crippen LogP contribution is 2.18. The summed E-state index contributed by atoms with van der Waals surface area (Å²) in [7, 11) is 1.98. The highest BCUT2D eigenvalue weighted by molar-refractivity contribution is 9.10. The molecule has 0 aliphatic heterocycles. The van der Waals surface area contributed by atoms with Gasteiger partial charge in [-0.2, -0.15) is 0 Å². The first-order valence-electron chi connectivity index (χ1n) is 4.03. The average Bonchev–Trinajstić information content (AvgIpc) is 2.44. The smallest absolute Gasteiger partial charge is 0.141 e. The summed E-state index contributed by atoms with van der Waals surface area (Å²) < 4.78 is 2.87. The maximum atomic E-state index is 5.59. The van der Waals surface area contributed by atoms with E-state index in [0.717, 1.165) is 21.3 Å². The van der Waals surface area contributed by atoms with Crippen molar-refractivity contribution in [3.63, 3.8) is 0 Å². The van der Waals surface area contributed by atoms with Crippen molar-refractivity contribution in [3.05, 3.63) is 28.5 Å². The summed E-state index contributed by atoms with van der Waals surface area (Å²) in [5.41, 5.74) is 7.66. The number of aryl methyl sites for hydroxylation is 1. The fourth-order valence-corrected chi connectivity index (χ4v) is 1.73. The lowest BCUT2D eigenvalue weighted by molar-refractivity contribution is 0.838. The minimum atomic E-state index is 0.546. The van der Waals surface area contributed by atoms with Crippen molar-refractivity contribution in [1.82, 2.24) is 9.55 Å². The zero-order valence-corrected chi connectivity index (χ0v) is 8.87. The number of nitrogens with two attached hydrogens (primary N) is 1. The molecule has 2 aromatic rings. The van der Waals surface area contributed by atoms with E-state index in [4.69, 9.17) is 5.73 Å². The maximum Gasteiger partial charge on any atom is 0.141 e. The van der Waals surface area contributed by atoms with Crippen LogP contribution in [0.25, 0.3) is 11.0 Å². The Morgan fingerprint density at radius 3 is 3.00 bits per heavy atom. The molecule has 0 radical (unpaired) electrons. The van der Waals surface area contributed by atoms with Crippen molar-refractivity contribution >= 4 is 27.0 Å². The van der Waals surface area contributed by atoms with Gasteiger partial charge in [-0.25, -0.2) is 4.98 Å². The van der Waals surface area contributed by atoms with Crippen molar-refractivity contribution in [2.75, 3.05) is 0 Å². The molecule has 0 saturated carbocycles. The van der Waals surface area contributed by atoms with E-state index in [1.54, 1.807) is 0 Å². The van der Waals surface area contributed by atoms with Crippen LogP contribution in [0.5, 0.6) is 0 Å². The topological polar surface area (TPSA) is 43.8 Å². The Morgan fingerprint density at radius 2 is 2.31 bits per heavy atom. The van der Waals surface area contributed by atoms with Crippen molar-refractivity contribution in [3.8, 4) is 0 Å². The highest BCUT2D eigenvalue weighted by Gasteiger charge is 2.04. The van der Waals surface area contributed by atoms with Gasteiger partial charge in [0.15, 0.2) is 0 Å². The third-order valence-electron chi connectivity index (χ3n) is 2.15. The SMILES string of the molecule is Cn1c(CN)cc2ccc(Br)nc21. The van der Waals surface area contributed by atoms with E-state index >= 15 is 0 Å². The van der Waals surface area contributed by atoms with Gasteiger partial charge in [0, 0.05) is 24.7 Å². The molecular weight excluding hydrogens is 230 g/mol. The molecule has 0 bridgehead atoms. The molecule has 2 heterocycles. The molecule has 0 amide bonds. The van der Waals surface area contributed by atoms with Gasteiger partial charge in [-0.15, -0.1) is 0 Å². The second-order valence-electron chi connectivity index (χ2n) is 2.95. The fraction of sp³-hybridized carbons (Fsp3) is 0.222. The molecule has 0 spiro atoms. The van der Waals surface area contributed by atoms with Gasteiger partial charge in [-0.05, 0) is 34.1 Å². The van der Waals surface area contributed by atoms with Crippen LogP contribution in [0.4, 0.5) is 0 Å². The number of fused-ring (bicyclic) bond motifs is 1. The Morgan fingerprint density at radius 1 is 1.54 bits per heavy atom. The molecule has 2 aromatic heterocycles. The number of hydrogen-bond acceptors (Lipinski definition) is 2. The lowest BCUT2D eigenvalue weighted by Gasteiger charge is -1.99. The van der Waals surface area contributed by atoms with Gasteiger partial charge in [-0.3, -0.25) is 0 Å². The predicted octanol–water partition coefficient (Wildman–Crippen LogP) is 1.79. The number of aromatic nitrogens is 2. The summed E-state index contributed by atoms with van der Waals surface area (Å²) in [6, 6.07) is 6.03. The molecule has 0 aromatic carbocycles. The second-order valence-corrected chi connectivity index (χ2v) is 3.76. The Balaban J connectivity index is 2.77. The molecule has 0 fully saturated rings. The fourth-order valence-electron chi connectivity index (χ4n) is 1.43. The third kappa shape index (κ3) is 1.36. The van der Waals surface area contributed by atoms with Crippen molar-refractivity contribution in [1.29, 1.82) is 0 Å². The molecule has 0 aliphatic carbocycles. The number of hydrogen-bond donors (Lipinski definition) is 1. The van der Waals surface area contributed by atoms with Gasteiger partial charge in [0.05, 0.1) is 0 Å². The maximum absolute atomic E-state index is 5.59. The Labute approximate surface area is 84.7 Å². The Kier molecular flexibility index (Phi) is 2.09. The van der Waals surface area contributed by atoms with Gasteiger partial charge in [0.25, 0.3) is 0 Å². The van der Waals surface area contributed by atoms with E-state index in [1.165, 1.54) is 0 Å². The molecule has 0 aliphatic rings. The molecule has 3 nitrogen and oxygen atoms in total. The van der Waals surface area contributed by atoms with E-state index in [1.807, 2.05) is 23.7 Å². The van der Waals surface area contributed by atoms with Crippen LogP contribution >= 0.6 is 15.9 Å². The molecule has 0 atom stereocenters. The summed E-state index contributed by atoms with van der Waals surface area (Å²) in [6.07, 6.45) is 0. The molecule has 0 unspecified atom stereocenters. The zero-order valence-electron chi connectivity index (χ0n) is 7.29. The molecular formula is C9H10BrN3. The molecule has 13 heavy (non-hydrogen) atoms. The van der Waals surface area contributed by atoms with Crippen LogP contribution in [0.15, 0.2) is 22.8 Å². The van der Waals surface area contributed by atoms with Gasteiger partial charge in [-0.1, -0.05) is 0 Å². The van der Waals surface area contributed by atoms with Crippen LogP contribution in [-0.2, 0) is 13.6 Å². The van der Waals surface area contributed by atoms with E-state index in [2.05, 4.69) is 27.0 Å². The Bertz CT molecular complexity index is 447. The highest BCUT2D eigenvalue weighted by atomic mass is 79.9. The lowest BCUT2D eigenvalue weighted by atomic mass is 10.3. The summed E-state index contributed by atoms with van der Waals surface area (Å²) in [5.74, 6) is 0. The molecule has 0 saturated heterocycles. The number of rotatable bonds is 1. The van der Waals surface area contributed by atoms with E-state index in [0.29, 0.717) is 6.54 Å². The van der Waals surface area contributed by atoms with Crippen LogP contribution in [0.2, 0.25) is 0 Å². The summed E-state index contributed by atoms with van der Waals surface area (Å²) in [4.78, 5) is 4.37. The number of nitrogens with zero attached hydrogens (tertiary/aromatic N) is 2. The first-order valence-corrected chi connectivity index (χ1v) is 4.82. The van der Waals surface area contributed by atoms with Crippen LogP contribution in [0.3, 0.4) is 0 Å². The van der Waals surface area contributed by atoms with Gasteiger partial charge in [0.1, 0.15) is 10.3 Å². The van der Waals surface area contributed by atoms with E-state index in [-0.39, 0.29) is 0 Å². The van der Waals surface area contributed by atoms with Gasteiger partial charge < -0.3 is 10.3 Å². The second kappa shape index (κ2) is 3.12. The first-order chi connectivity index (χ1) is 6.22. The number of halogens is 1. The van der Waals surface area contributed by atoms with Crippen molar-refractivity contribution in [2.24, 2.45) is 12.8 Å². The Hall–Kier alpha value is -0.870. The molecule has 2 rings (SSSR count). The average molecular weight is 240 g/mol. The van der Waals surface area contributed by atoms with E-state index < -0.39 is 0 Å². The van der Waals surface area contributed by atoms with E-state index in [9.17, 15) is 0 Å². The minimum Gasteiger partial charge on any atom is -0.331 e. The van der Waals surface area contributed by atoms with Crippen molar-refractivity contribution in [2.45, 2.75) is 6.54 Å². The monoisotopic (exact) mass is 239 g/mol. The van der Waals surface area contributed by atoms with Crippen LogP contribution in [0.1, 0.15) is 5.69 Å². The third-order valence-corrected chi connectivity index (χ3v) is 2.59. The van der Waals surface area contributed by atoms with Crippen LogP contribution in [-0.4, -0.2) is 9.55 Å². The number of pyridine rings is 1. The van der Waals surface area contributed by atoms with Crippen molar-refractivity contribution < 1.29 is 0 Å². The van der Waals surface area contributed by atoms with Gasteiger partial charge >= 0.3 is 0 Å². The summed E-state index contributed by atoms with van der Waals surface area (Å²) in [6.45, 7) is 0.546. The minimum absolute atomic E-state index is 0.546. The quantitative estimate of drug-likeness (QED) is 0.772. The molecule has 4 heteroatoms. The predicted molar refractivity (Wildman–Crippen MR) is 56.3 cm³/mol. The summed E-state index contributed by atoms with van der Waals surface area (Å²) in [5, 5.41) is 1.13.